The summed E-state index contributed by atoms with van der Waals surface area (Å²) >= 11 is 0. The van der Waals surface area contributed by atoms with E-state index < -0.39 is 0 Å². The van der Waals surface area contributed by atoms with Crippen molar-refractivity contribution in [2.75, 3.05) is 26.7 Å². The van der Waals surface area contributed by atoms with Gasteiger partial charge in [0.05, 0.1) is 6.10 Å². The van der Waals surface area contributed by atoms with Gasteiger partial charge in [-0.15, -0.1) is 0 Å². The van der Waals surface area contributed by atoms with E-state index in [0.717, 1.165) is 32.6 Å². The predicted molar refractivity (Wildman–Crippen MR) is 69.8 cm³/mol. The lowest BCUT2D eigenvalue weighted by molar-refractivity contribution is 0.0248. The third-order valence-corrected chi connectivity index (χ3v) is 3.49. The highest BCUT2D eigenvalue weighted by molar-refractivity contribution is 5.14. The molecule has 0 amide bonds. The third-order valence-electron chi connectivity index (χ3n) is 3.49. The fourth-order valence-corrected chi connectivity index (χ4v) is 2.54. The van der Waals surface area contributed by atoms with Crippen molar-refractivity contribution in [2.45, 2.75) is 19.1 Å². The van der Waals surface area contributed by atoms with Crippen LogP contribution in [-0.4, -0.2) is 42.8 Å². The quantitative estimate of drug-likeness (QED) is 0.818. The van der Waals surface area contributed by atoms with Gasteiger partial charge in [-0.25, -0.2) is 0 Å². The van der Waals surface area contributed by atoms with Gasteiger partial charge in [0.1, 0.15) is 0 Å². The van der Waals surface area contributed by atoms with E-state index in [0.29, 0.717) is 5.92 Å². The number of hydrogen-bond donors (Lipinski definition) is 2. The van der Waals surface area contributed by atoms with Gasteiger partial charge in [-0.1, -0.05) is 30.3 Å². The lowest BCUT2D eigenvalue weighted by Crippen LogP contribution is -2.46. The predicted octanol–water partition coefficient (Wildman–Crippen LogP) is 1.09. The van der Waals surface area contributed by atoms with Crippen LogP contribution in [-0.2, 0) is 6.54 Å². The number of piperidine rings is 1. The van der Waals surface area contributed by atoms with Gasteiger partial charge in [-0.3, -0.25) is 4.90 Å². The molecule has 2 atom stereocenters. The minimum atomic E-state index is -0.144. The van der Waals surface area contributed by atoms with E-state index in [1.165, 1.54) is 5.56 Å². The molecule has 1 aliphatic rings. The first-order valence-electron chi connectivity index (χ1n) is 6.38. The second-order valence-electron chi connectivity index (χ2n) is 4.89. The van der Waals surface area contributed by atoms with E-state index in [-0.39, 0.29) is 6.10 Å². The van der Waals surface area contributed by atoms with E-state index in [9.17, 15) is 5.11 Å². The Labute approximate surface area is 103 Å². The standard InChI is InChI=1S/C14H22N2O/c1-15-9-13-11-16(8-7-14(13)17)10-12-5-3-2-4-6-12/h2-6,13-15,17H,7-11H2,1H3/t13-,14+/m1/s1. The number of benzene rings is 1. The number of hydrogen-bond acceptors (Lipinski definition) is 3. The van der Waals surface area contributed by atoms with Crippen molar-refractivity contribution < 1.29 is 5.11 Å². The zero-order valence-corrected chi connectivity index (χ0v) is 10.5. The van der Waals surface area contributed by atoms with E-state index >= 15 is 0 Å². The van der Waals surface area contributed by atoms with Crippen molar-refractivity contribution in [2.24, 2.45) is 5.92 Å². The molecule has 0 aromatic heterocycles. The Morgan fingerprint density at radius 1 is 1.35 bits per heavy atom. The molecule has 1 aromatic carbocycles. The highest BCUT2D eigenvalue weighted by Gasteiger charge is 2.26. The van der Waals surface area contributed by atoms with Gasteiger partial charge in [0.25, 0.3) is 0 Å². The summed E-state index contributed by atoms with van der Waals surface area (Å²) in [5.41, 5.74) is 1.35. The summed E-state index contributed by atoms with van der Waals surface area (Å²) in [5.74, 6) is 0.359. The second-order valence-corrected chi connectivity index (χ2v) is 4.89. The number of nitrogens with zero attached hydrogens (tertiary/aromatic N) is 1. The van der Waals surface area contributed by atoms with Crippen LogP contribution in [0, 0.1) is 5.92 Å². The topological polar surface area (TPSA) is 35.5 Å². The Hall–Kier alpha value is -0.900. The van der Waals surface area contributed by atoms with Crippen molar-refractivity contribution in [3.8, 4) is 0 Å². The van der Waals surface area contributed by atoms with Crippen molar-refractivity contribution >= 4 is 0 Å². The molecular weight excluding hydrogens is 212 g/mol. The summed E-state index contributed by atoms with van der Waals surface area (Å²) in [6.07, 6.45) is 0.744. The fraction of sp³-hybridized carbons (Fsp3) is 0.571. The fourth-order valence-electron chi connectivity index (χ4n) is 2.54. The van der Waals surface area contributed by atoms with E-state index in [1.807, 2.05) is 13.1 Å². The minimum Gasteiger partial charge on any atom is -0.393 e. The van der Waals surface area contributed by atoms with Gasteiger partial charge in [0.2, 0.25) is 0 Å². The normalized spacial score (nSPS) is 26.0. The van der Waals surface area contributed by atoms with Gasteiger partial charge in [0.15, 0.2) is 0 Å². The van der Waals surface area contributed by atoms with Crippen LogP contribution >= 0.6 is 0 Å². The summed E-state index contributed by atoms with van der Waals surface area (Å²) in [6, 6.07) is 10.5. The lowest BCUT2D eigenvalue weighted by atomic mass is 9.94. The molecule has 1 fully saturated rings. The summed E-state index contributed by atoms with van der Waals surface area (Å²) in [7, 11) is 1.95. The minimum absolute atomic E-state index is 0.144. The molecule has 1 saturated heterocycles. The van der Waals surface area contributed by atoms with Crippen LogP contribution in [0.4, 0.5) is 0 Å². The first kappa shape index (κ1) is 12.6. The van der Waals surface area contributed by atoms with Gasteiger partial charge in [0, 0.05) is 32.1 Å². The molecule has 0 spiro atoms. The maximum absolute atomic E-state index is 9.92. The van der Waals surface area contributed by atoms with Crippen LogP contribution in [0.2, 0.25) is 0 Å². The number of aliphatic hydroxyl groups excluding tert-OH is 1. The van der Waals surface area contributed by atoms with Gasteiger partial charge >= 0.3 is 0 Å². The Morgan fingerprint density at radius 2 is 2.12 bits per heavy atom. The zero-order valence-electron chi connectivity index (χ0n) is 10.5. The van der Waals surface area contributed by atoms with Crippen LogP contribution in [0.5, 0.6) is 0 Å². The van der Waals surface area contributed by atoms with Crippen molar-refractivity contribution in [3.05, 3.63) is 35.9 Å². The molecule has 17 heavy (non-hydrogen) atoms. The molecule has 0 aliphatic carbocycles. The Kier molecular flexibility index (Phi) is 4.54. The van der Waals surface area contributed by atoms with Gasteiger partial charge < -0.3 is 10.4 Å². The summed E-state index contributed by atoms with van der Waals surface area (Å²) in [5, 5.41) is 13.1. The van der Waals surface area contributed by atoms with Crippen LogP contribution in [0.15, 0.2) is 30.3 Å². The molecule has 1 aliphatic heterocycles. The smallest absolute Gasteiger partial charge is 0.0605 e. The average molecular weight is 234 g/mol. The molecule has 94 valence electrons. The van der Waals surface area contributed by atoms with Crippen LogP contribution in [0.3, 0.4) is 0 Å². The Bertz CT molecular complexity index is 328. The molecule has 0 unspecified atom stereocenters. The first-order valence-corrected chi connectivity index (χ1v) is 6.38. The Morgan fingerprint density at radius 3 is 2.82 bits per heavy atom. The van der Waals surface area contributed by atoms with Crippen LogP contribution in [0.1, 0.15) is 12.0 Å². The molecule has 1 heterocycles. The van der Waals surface area contributed by atoms with E-state index in [2.05, 4.69) is 34.5 Å². The molecule has 2 N–H and O–H groups in total. The third kappa shape index (κ3) is 3.53. The van der Waals surface area contributed by atoms with Crippen molar-refractivity contribution in [1.29, 1.82) is 0 Å². The highest BCUT2D eigenvalue weighted by Crippen LogP contribution is 2.18. The molecular formula is C14H22N2O. The number of nitrogens with one attached hydrogen (secondary N) is 1. The summed E-state index contributed by atoms with van der Waals surface area (Å²) in [6.45, 7) is 3.87. The zero-order chi connectivity index (χ0) is 12.1. The molecule has 3 nitrogen and oxygen atoms in total. The van der Waals surface area contributed by atoms with E-state index in [1.54, 1.807) is 0 Å². The molecule has 0 saturated carbocycles. The van der Waals surface area contributed by atoms with Crippen molar-refractivity contribution in [1.82, 2.24) is 10.2 Å². The molecule has 0 radical (unpaired) electrons. The lowest BCUT2D eigenvalue weighted by Gasteiger charge is -2.36. The summed E-state index contributed by atoms with van der Waals surface area (Å²) in [4.78, 5) is 2.43. The molecule has 3 heteroatoms. The number of likely N-dealkylation sites (tertiary alicyclic amines) is 1. The molecule has 2 rings (SSSR count). The molecule has 0 bridgehead atoms. The van der Waals surface area contributed by atoms with Crippen molar-refractivity contribution in [3.63, 3.8) is 0 Å². The Balaban J connectivity index is 1.90. The highest BCUT2D eigenvalue weighted by atomic mass is 16.3. The van der Waals surface area contributed by atoms with Gasteiger partial charge in [-0.2, -0.15) is 0 Å². The molecule has 1 aromatic rings. The van der Waals surface area contributed by atoms with Crippen LogP contribution < -0.4 is 5.32 Å². The monoisotopic (exact) mass is 234 g/mol. The summed E-state index contributed by atoms with van der Waals surface area (Å²) < 4.78 is 0. The second kappa shape index (κ2) is 6.15. The SMILES string of the molecule is CNC[C@@H]1CN(Cc2ccccc2)CC[C@@H]1O. The van der Waals surface area contributed by atoms with E-state index in [4.69, 9.17) is 0 Å². The number of aliphatic hydroxyl groups is 1. The maximum atomic E-state index is 9.92. The largest absolute Gasteiger partial charge is 0.393 e. The number of rotatable bonds is 4. The van der Waals surface area contributed by atoms with Crippen LogP contribution in [0.25, 0.3) is 0 Å². The average Bonchev–Trinajstić information content (AvgIpc) is 2.35. The maximum Gasteiger partial charge on any atom is 0.0605 e. The first-order chi connectivity index (χ1) is 8.29. The van der Waals surface area contributed by atoms with Gasteiger partial charge in [-0.05, 0) is 19.0 Å².